The average Bonchev–Trinajstić information content (AvgIpc) is 2.96. The van der Waals surface area contributed by atoms with Crippen LogP contribution in [0.25, 0.3) is 0 Å². The monoisotopic (exact) mass is 637 g/mol. The molecule has 0 aliphatic carbocycles. The minimum Gasteiger partial charge on any atom is -0.352 e. The molecule has 0 fully saturated rings. The molecular formula is C31H35ClF3N3O4S. The summed E-state index contributed by atoms with van der Waals surface area (Å²) in [5.41, 5.74) is 0.00275. The van der Waals surface area contributed by atoms with Gasteiger partial charge >= 0.3 is 6.18 Å². The Kier molecular flexibility index (Phi) is 11.3. The number of carbonyl (C=O) groups is 2. The zero-order valence-corrected chi connectivity index (χ0v) is 25.9. The summed E-state index contributed by atoms with van der Waals surface area (Å²) < 4.78 is 69.7. The third-order valence-corrected chi connectivity index (χ3v) is 9.20. The lowest BCUT2D eigenvalue weighted by atomic mass is 10.1. The van der Waals surface area contributed by atoms with Gasteiger partial charge in [-0.05, 0) is 69.5 Å². The number of amides is 2. The molecule has 0 heterocycles. The molecule has 0 saturated carbocycles. The number of sulfonamides is 1. The van der Waals surface area contributed by atoms with Crippen LogP contribution < -0.4 is 9.62 Å². The quantitative estimate of drug-likeness (QED) is 0.255. The third-order valence-electron chi connectivity index (χ3n) is 7.08. The smallest absolute Gasteiger partial charge is 0.352 e. The first-order chi connectivity index (χ1) is 20.1. The zero-order valence-electron chi connectivity index (χ0n) is 24.4. The van der Waals surface area contributed by atoms with E-state index in [1.165, 1.54) is 24.0 Å². The summed E-state index contributed by atoms with van der Waals surface area (Å²) in [6, 6.07) is 16.4. The minimum absolute atomic E-state index is 0.0603. The van der Waals surface area contributed by atoms with Gasteiger partial charge in [0.25, 0.3) is 10.0 Å². The van der Waals surface area contributed by atoms with Crippen molar-refractivity contribution in [2.45, 2.75) is 63.7 Å². The van der Waals surface area contributed by atoms with Crippen LogP contribution in [0.3, 0.4) is 0 Å². The Morgan fingerprint density at radius 2 is 1.60 bits per heavy atom. The van der Waals surface area contributed by atoms with Gasteiger partial charge in [0.2, 0.25) is 11.8 Å². The Labute approximate surface area is 255 Å². The summed E-state index contributed by atoms with van der Waals surface area (Å²) in [4.78, 5) is 28.1. The molecule has 0 spiro atoms. The Morgan fingerprint density at radius 3 is 2.19 bits per heavy atom. The minimum atomic E-state index is -4.87. The summed E-state index contributed by atoms with van der Waals surface area (Å²) in [6.07, 6.45) is -3.87. The van der Waals surface area contributed by atoms with E-state index in [2.05, 4.69) is 5.32 Å². The van der Waals surface area contributed by atoms with E-state index >= 15 is 0 Å². The van der Waals surface area contributed by atoms with E-state index in [-0.39, 0.29) is 17.5 Å². The van der Waals surface area contributed by atoms with E-state index in [9.17, 15) is 31.2 Å². The Balaban J connectivity index is 2.07. The molecule has 3 aromatic carbocycles. The molecule has 2 amide bonds. The normalized spacial score (nSPS) is 13.2. The fourth-order valence-electron chi connectivity index (χ4n) is 4.29. The summed E-state index contributed by atoms with van der Waals surface area (Å²) in [7, 11) is -4.54. The van der Waals surface area contributed by atoms with Gasteiger partial charge in [0.1, 0.15) is 12.6 Å². The predicted molar refractivity (Wildman–Crippen MR) is 161 cm³/mol. The van der Waals surface area contributed by atoms with Crippen LogP contribution in [0, 0.1) is 6.92 Å². The van der Waals surface area contributed by atoms with Crippen molar-refractivity contribution in [3.05, 3.63) is 94.5 Å². The number of anilines is 1. The number of alkyl halides is 3. The van der Waals surface area contributed by atoms with Gasteiger partial charge in [-0.3, -0.25) is 13.9 Å². The molecule has 0 saturated heterocycles. The van der Waals surface area contributed by atoms with Gasteiger partial charge in [0, 0.05) is 12.6 Å². The molecule has 0 radical (unpaired) electrons. The predicted octanol–water partition coefficient (Wildman–Crippen LogP) is 6.24. The van der Waals surface area contributed by atoms with Crippen molar-refractivity contribution in [2.24, 2.45) is 0 Å². The summed E-state index contributed by atoms with van der Waals surface area (Å²) >= 11 is 5.81. The summed E-state index contributed by atoms with van der Waals surface area (Å²) in [5.74, 6) is -1.20. The number of nitrogens with zero attached hydrogens (tertiary/aromatic N) is 2. The van der Waals surface area contributed by atoms with Crippen molar-refractivity contribution in [3.8, 4) is 0 Å². The fourth-order valence-corrected chi connectivity index (χ4v) is 5.92. The van der Waals surface area contributed by atoms with E-state index < -0.39 is 56.9 Å². The van der Waals surface area contributed by atoms with E-state index in [1.807, 2.05) is 44.2 Å². The van der Waals surface area contributed by atoms with Crippen molar-refractivity contribution >= 4 is 39.1 Å². The molecule has 0 aromatic heterocycles. The first kappa shape index (κ1) is 33.9. The van der Waals surface area contributed by atoms with Crippen LogP contribution in [0.5, 0.6) is 0 Å². The second-order valence-corrected chi connectivity index (χ2v) is 12.6. The molecule has 2 atom stereocenters. The van der Waals surface area contributed by atoms with Crippen molar-refractivity contribution in [2.75, 3.05) is 17.4 Å². The third kappa shape index (κ3) is 8.73. The van der Waals surface area contributed by atoms with Gasteiger partial charge in [0.15, 0.2) is 0 Å². The molecule has 0 aliphatic heterocycles. The molecule has 0 bridgehead atoms. The first-order valence-corrected chi connectivity index (χ1v) is 15.6. The average molecular weight is 638 g/mol. The van der Waals surface area contributed by atoms with Gasteiger partial charge in [-0.15, -0.1) is 0 Å². The fraction of sp³-hybridized carbons (Fsp3) is 0.355. The van der Waals surface area contributed by atoms with Crippen LogP contribution in [0.2, 0.25) is 5.02 Å². The lowest BCUT2D eigenvalue weighted by molar-refractivity contribution is -0.139. The largest absolute Gasteiger partial charge is 0.417 e. The lowest BCUT2D eigenvalue weighted by Crippen LogP contribution is -2.53. The highest BCUT2D eigenvalue weighted by Crippen LogP contribution is 2.38. The van der Waals surface area contributed by atoms with Gasteiger partial charge in [0.05, 0.1) is 21.2 Å². The number of halogens is 4. The standard InChI is InChI=1S/C31H35ClF3N3O4S/c1-5-22(3)36-30(40)23(4)37(18-17-24-9-7-6-8-10-24)29(39)20-38(43(41,42)26-14-11-21(2)12-15-26)25-13-16-28(32)27(19-25)31(33,34)35/h6-16,19,22-23H,5,17-18,20H2,1-4H3,(H,36,40)/t22-,23-/m0/s1. The SMILES string of the molecule is CC[C@H](C)NC(=O)[C@H](C)N(CCc1ccccc1)C(=O)CN(c1ccc(Cl)c(C(F)(F)F)c1)S(=O)(=O)c1ccc(C)cc1. The second-order valence-electron chi connectivity index (χ2n) is 10.3. The molecule has 0 unspecified atom stereocenters. The number of rotatable bonds is 12. The number of aryl methyl sites for hydroxylation is 1. The van der Waals surface area contributed by atoms with Gasteiger partial charge < -0.3 is 10.2 Å². The molecule has 7 nitrogen and oxygen atoms in total. The summed E-state index contributed by atoms with van der Waals surface area (Å²) in [5, 5.41) is 2.22. The maximum Gasteiger partial charge on any atom is 0.417 e. The maximum atomic E-state index is 13.9. The van der Waals surface area contributed by atoms with Crippen LogP contribution >= 0.6 is 11.6 Å². The van der Waals surface area contributed by atoms with Crippen molar-refractivity contribution in [3.63, 3.8) is 0 Å². The molecule has 3 rings (SSSR count). The Bertz CT molecular complexity index is 1520. The molecule has 3 aromatic rings. The zero-order chi connectivity index (χ0) is 31.9. The maximum absolute atomic E-state index is 13.9. The molecule has 1 N–H and O–H groups in total. The van der Waals surface area contributed by atoms with Gasteiger partial charge in [-0.2, -0.15) is 13.2 Å². The van der Waals surface area contributed by atoms with E-state index in [0.29, 0.717) is 23.2 Å². The van der Waals surface area contributed by atoms with Crippen LogP contribution in [0.4, 0.5) is 18.9 Å². The van der Waals surface area contributed by atoms with Gasteiger partial charge in [-0.1, -0.05) is 66.6 Å². The van der Waals surface area contributed by atoms with Crippen molar-refractivity contribution in [1.29, 1.82) is 0 Å². The molecular weight excluding hydrogens is 603 g/mol. The van der Waals surface area contributed by atoms with E-state index in [1.54, 1.807) is 19.1 Å². The number of benzene rings is 3. The van der Waals surface area contributed by atoms with Gasteiger partial charge in [-0.25, -0.2) is 8.42 Å². The number of hydrogen-bond acceptors (Lipinski definition) is 4. The van der Waals surface area contributed by atoms with E-state index in [4.69, 9.17) is 11.6 Å². The van der Waals surface area contributed by atoms with Crippen molar-refractivity contribution < 1.29 is 31.2 Å². The number of carbonyl (C=O) groups excluding carboxylic acids is 2. The first-order valence-electron chi connectivity index (χ1n) is 13.7. The molecule has 43 heavy (non-hydrogen) atoms. The van der Waals surface area contributed by atoms with Crippen LogP contribution in [0.15, 0.2) is 77.7 Å². The lowest BCUT2D eigenvalue weighted by Gasteiger charge is -2.32. The molecule has 12 heteroatoms. The summed E-state index contributed by atoms with van der Waals surface area (Å²) in [6.45, 7) is 6.19. The molecule has 232 valence electrons. The number of nitrogens with one attached hydrogen (secondary N) is 1. The molecule has 0 aliphatic rings. The Hall–Kier alpha value is -3.57. The number of hydrogen-bond donors (Lipinski definition) is 1. The Morgan fingerprint density at radius 1 is 0.977 bits per heavy atom. The van der Waals surface area contributed by atoms with Crippen LogP contribution in [-0.2, 0) is 32.2 Å². The topological polar surface area (TPSA) is 86.8 Å². The highest BCUT2D eigenvalue weighted by molar-refractivity contribution is 7.92. The van der Waals surface area contributed by atoms with Crippen LogP contribution in [-0.4, -0.2) is 50.3 Å². The highest BCUT2D eigenvalue weighted by Gasteiger charge is 2.37. The van der Waals surface area contributed by atoms with Crippen molar-refractivity contribution in [1.82, 2.24) is 10.2 Å². The van der Waals surface area contributed by atoms with Crippen LogP contribution in [0.1, 0.15) is 43.9 Å². The highest BCUT2D eigenvalue weighted by atomic mass is 35.5. The van der Waals surface area contributed by atoms with E-state index in [0.717, 1.165) is 23.3 Å². The second kappa shape index (κ2) is 14.3.